The molecule has 118 valence electrons. The van der Waals surface area contributed by atoms with E-state index in [0.29, 0.717) is 5.25 Å². The molecule has 0 bridgehead atoms. The van der Waals surface area contributed by atoms with E-state index < -0.39 is 8.07 Å². The van der Waals surface area contributed by atoms with Gasteiger partial charge in [-0.25, -0.2) is 0 Å². The van der Waals surface area contributed by atoms with Gasteiger partial charge in [0.15, 0.2) is 0 Å². The molecule has 1 aromatic rings. The SMILES string of the molecule is Cc1ccc(CN2CC(CSC#C[Si](C)(C)C)SC2=S)cc1. The Bertz CT molecular complexity index is 581. The summed E-state index contributed by atoms with van der Waals surface area (Å²) in [4.78, 5) is 2.32. The first kappa shape index (κ1) is 17.9. The van der Waals surface area contributed by atoms with Crippen LogP contribution in [0.15, 0.2) is 24.3 Å². The topological polar surface area (TPSA) is 3.24 Å². The van der Waals surface area contributed by atoms with Crippen molar-refractivity contribution in [2.45, 2.75) is 38.4 Å². The van der Waals surface area contributed by atoms with Crippen molar-refractivity contribution in [2.75, 3.05) is 12.3 Å². The maximum atomic E-state index is 5.53. The summed E-state index contributed by atoms with van der Waals surface area (Å²) in [5.41, 5.74) is 6.05. The van der Waals surface area contributed by atoms with Gasteiger partial charge in [-0.1, -0.05) is 85.2 Å². The molecular weight excluding hydrogens is 342 g/mol. The molecular formula is C17H23NS3Si. The molecule has 0 aromatic heterocycles. The average Bonchev–Trinajstić information content (AvgIpc) is 2.77. The molecule has 0 amide bonds. The van der Waals surface area contributed by atoms with E-state index in [2.05, 4.69) is 66.5 Å². The molecule has 0 aliphatic carbocycles. The molecule has 1 aliphatic heterocycles. The molecule has 1 aromatic carbocycles. The largest absolute Gasteiger partial charge is 0.352 e. The highest BCUT2D eigenvalue weighted by atomic mass is 32.2. The Morgan fingerprint density at radius 1 is 1.32 bits per heavy atom. The summed E-state index contributed by atoms with van der Waals surface area (Å²) < 4.78 is 1.03. The maximum absolute atomic E-state index is 5.53. The van der Waals surface area contributed by atoms with Gasteiger partial charge in [-0.05, 0) is 17.7 Å². The second kappa shape index (κ2) is 7.92. The Kier molecular flexibility index (Phi) is 6.45. The Morgan fingerprint density at radius 3 is 2.64 bits per heavy atom. The second-order valence-corrected chi connectivity index (χ2v) is 14.2. The smallest absolute Gasteiger partial charge is 0.137 e. The molecule has 2 rings (SSSR count). The van der Waals surface area contributed by atoms with Crippen LogP contribution in [0.5, 0.6) is 0 Å². The van der Waals surface area contributed by atoms with Gasteiger partial charge in [-0.15, -0.1) is 5.54 Å². The third-order valence-electron chi connectivity index (χ3n) is 3.21. The molecule has 0 spiro atoms. The normalized spacial score (nSPS) is 18.3. The van der Waals surface area contributed by atoms with Crippen molar-refractivity contribution < 1.29 is 0 Å². The van der Waals surface area contributed by atoms with Crippen molar-refractivity contribution in [1.82, 2.24) is 4.90 Å². The lowest BCUT2D eigenvalue weighted by atomic mass is 10.1. The highest BCUT2D eigenvalue weighted by Gasteiger charge is 2.27. The molecule has 22 heavy (non-hydrogen) atoms. The summed E-state index contributed by atoms with van der Waals surface area (Å²) in [6.07, 6.45) is 0. The van der Waals surface area contributed by atoms with Gasteiger partial charge in [-0.3, -0.25) is 0 Å². The van der Waals surface area contributed by atoms with E-state index in [1.807, 2.05) is 11.8 Å². The number of benzene rings is 1. The molecule has 5 heteroatoms. The lowest BCUT2D eigenvalue weighted by Crippen LogP contribution is -2.24. The van der Waals surface area contributed by atoms with Gasteiger partial charge >= 0.3 is 0 Å². The van der Waals surface area contributed by atoms with E-state index in [9.17, 15) is 0 Å². The number of nitrogens with zero attached hydrogens (tertiary/aromatic N) is 1. The van der Waals surface area contributed by atoms with Gasteiger partial charge < -0.3 is 4.90 Å². The molecule has 1 saturated heterocycles. The standard InChI is InChI=1S/C17H23NS3Si/c1-14-5-7-15(8-6-14)11-18-12-16(21-17(18)19)13-20-9-10-22(2,3)4/h5-8,16H,11-13H2,1-4H3. The Morgan fingerprint density at radius 2 is 2.00 bits per heavy atom. The predicted molar refractivity (Wildman–Crippen MR) is 109 cm³/mol. The molecule has 1 atom stereocenters. The van der Waals surface area contributed by atoms with Crippen LogP contribution in [0.3, 0.4) is 0 Å². The van der Waals surface area contributed by atoms with E-state index >= 15 is 0 Å². The fourth-order valence-electron chi connectivity index (χ4n) is 2.03. The van der Waals surface area contributed by atoms with Crippen molar-refractivity contribution in [3.05, 3.63) is 35.4 Å². The van der Waals surface area contributed by atoms with Crippen LogP contribution in [0.2, 0.25) is 19.6 Å². The molecule has 1 heterocycles. The van der Waals surface area contributed by atoms with Crippen LogP contribution < -0.4 is 0 Å². The summed E-state index contributed by atoms with van der Waals surface area (Å²) in [7, 11) is -1.24. The fraction of sp³-hybridized carbons (Fsp3) is 0.471. The summed E-state index contributed by atoms with van der Waals surface area (Å²) in [6, 6.07) is 8.73. The van der Waals surface area contributed by atoms with Crippen LogP contribution in [0.1, 0.15) is 11.1 Å². The van der Waals surface area contributed by atoms with E-state index in [0.717, 1.165) is 23.2 Å². The zero-order chi connectivity index (χ0) is 16.2. The fourth-order valence-corrected chi connectivity index (χ4v) is 5.77. The van der Waals surface area contributed by atoms with Gasteiger partial charge in [0.25, 0.3) is 0 Å². The van der Waals surface area contributed by atoms with Crippen molar-refractivity contribution in [1.29, 1.82) is 0 Å². The monoisotopic (exact) mass is 365 g/mol. The Hall–Kier alpha value is -0.413. The first-order valence-corrected chi connectivity index (χ1v) is 13.3. The van der Waals surface area contributed by atoms with Crippen LogP contribution in [0, 0.1) is 17.7 Å². The van der Waals surface area contributed by atoms with Crippen molar-refractivity contribution >= 4 is 48.1 Å². The number of hydrogen-bond donors (Lipinski definition) is 0. The molecule has 0 N–H and O–H groups in total. The van der Waals surface area contributed by atoms with E-state index in [-0.39, 0.29) is 0 Å². The third-order valence-corrected chi connectivity index (χ3v) is 6.95. The first-order valence-electron chi connectivity index (χ1n) is 7.48. The van der Waals surface area contributed by atoms with Gasteiger partial charge in [-0.2, -0.15) is 0 Å². The predicted octanol–water partition coefficient (Wildman–Crippen LogP) is 4.77. The molecule has 1 fully saturated rings. The highest BCUT2D eigenvalue weighted by molar-refractivity contribution is 8.24. The maximum Gasteiger partial charge on any atom is 0.137 e. The van der Waals surface area contributed by atoms with Crippen molar-refractivity contribution in [3.63, 3.8) is 0 Å². The number of rotatable bonds is 4. The quantitative estimate of drug-likeness (QED) is 0.429. The van der Waals surface area contributed by atoms with E-state index in [1.54, 1.807) is 11.8 Å². The number of hydrogen-bond acceptors (Lipinski definition) is 3. The van der Waals surface area contributed by atoms with E-state index in [4.69, 9.17) is 12.2 Å². The third kappa shape index (κ3) is 6.00. The number of thioether (sulfide) groups is 2. The summed E-state index contributed by atoms with van der Waals surface area (Å²) in [6.45, 7) is 10.9. The van der Waals surface area contributed by atoms with Crippen molar-refractivity contribution in [3.8, 4) is 10.8 Å². The Labute approximate surface area is 149 Å². The van der Waals surface area contributed by atoms with E-state index in [1.165, 1.54) is 11.1 Å². The first-order chi connectivity index (χ1) is 10.3. The number of aryl methyl sites for hydroxylation is 1. The highest BCUT2D eigenvalue weighted by Crippen LogP contribution is 2.29. The summed E-state index contributed by atoms with van der Waals surface area (Å²) >= 11 is 9.12. The zero-order valence-electron chi connectivity index (χ0n) is 13.7. The molecule has 0 radical (unpaired) electrons. The Balaban J connectivity index is 1.83. The molecule has 1 nitrogen and oxygen atoms in total. The molecule has 0 saturated carbocycles. The van der Waals surface area contributed by atoms with Crippen molar-refractivity contribution in [2.24, 2.45) is 0 Å². The van der Waals surface area contributed by atoms with Gasteiger partial charge in [0, 0.05) is 24.1 Å². The minimum absolute atomic E-state index is 0.568. The van der Waals surface area contributed by atoms with Gasteiger partial charge in [0.05, 0.1) is 0 Å². The molecule has 1 unspecified atom stereocenters. The van der Waals surface area contributed by atoms with Gasteiger partial charge in [0.1, 0.15) is 12.4 Å². The number of thiocarbonyl (C=S) groups is 1. The van der Waals surface area contributed by atoms with Gasteiger partial charge in [0.2, 0.25) is 0 Å². The lowest BCUT2D eigenvalue weighted by molar-refractivity contribution is 0.444. The molecule has 1 aliphatic rings. The van der Waals surface area contributed by atoms with Crippen LogP contribution in [0.4, 0.5) is 0 Å². The minimum atomic E-state index is -1.24. The van der Waals surface area contributed by atoms with Crippen LogP contribution in [0.25, 0.3) is 0 Å². The minimum Gasteiger partial charge on any atom is -0.352 e. The zero-order valence-corrected chi connectivity index (χ0v) is 17.1. The summed E-state index contributed by atoms with van der Waals surface area (Å²) in [5, 5.41) is 3.86. The van der Waals surface area contributed by atoms with Crippen LogP contribution >= 0.6 is 35.7 Å². The van der Waals surface area contributed by atoms with Crippen LogP contribution in [-0.4, -0.2) is 34.8 Å². The average molecular weight is 366 g/mol. The van der Waals surface area contributed by atoms with Crippen LogP contribution in [-0.2, 0) is 6.54 Å². The summed E-state index contributed by atoms with van der Waals surface area (Å²) in [5.74, 6) is 1.06. The lowest BCUT2D eigenvalue weighted by Gasteiger charge is -2.17. The second-order valence-electron chi connectivity index (χ2n) is 6.66.